The summed E-state index contributed by atoms with van der Waals surface area (Å²) < 4.78 is 0. The molecule has 4 nitrogen and oxygen atoms in total. The first-order valence-electron chi connectivity index (χ1n) is 5.30. The number of phenols is 4. The molecule has 4 N–H and O–H groups in total. The minimum Gasteiger partial charge on any atom is -0.508 e. The van der Waals surface area contributed by atoms with Crippen LogP contribution in [0, 0.1) is 0 Å². The quantitative estimate of drug-likeness (QED) is 0.685. The van der Waals surface area contributed by atoms with Crippen LogP contribution in [0.2, 0.25) is 10.0 Å². The lowest BCUT2D eigenvalue weighted by Crippen LogP contribution is -1.92. The first kappa shape index (κ1) is 13.6. The summed E-state index contributed by atoms with van der Waals surface area (Å²) in [7, 11) is 0. The molecule has 0 heterocycles. The molecule has 0 unspecified atom stereocenters. The van der Waals surface area contributed by atoms with Gasteiger partial charge >= 0.3 is 0 Å². The van der Waals surface area contributed by atoms with Crippen LogP contribution in [0.25, 0.3) is 0 Å². The van der Waals surface area contributed by atoms with Crippen molar-refractivity contribution in [2.45, 2.75) is 6.42 Å². The summed E-state index contributed by atoms with van der Waals surface area (Å²) in [4.78, 5) is 0. The van der Waals surface area contributed by atoms with Gasteiger partial charge in [0.15, 0.2) is 0 Å². The Kier molecular flexibility index (Phi) is 3.64. The number of halogens is 2. The minimum absolute atomic E-state index is 0.0637. The predicted octanol–water partition coefficient (Wildman–Crippen LogP) is 3.41. The Morgan fingerprint density at radius 3 is 1.42 bits per heavy atom. The normalized spacial score (nSPS) is 10.6. The van der Waals surface area contributed by atoms with E-state index in [0.717, 1.165) is 0 Å². The number of rotatable bonds is 2. The number of hydrogen-bond donors (Lipinski definition) is 4. The Labute approximate surface area is 119 Å². The molecule has 0 aromatic heterocycles. The van der Waals surface area contributed by atoms with Gasteiger partial charge in [0, 0.05) is 17.5 Å². The summed E-state index contributed by atoms with van der Waals surface area (Å²) in [6, 6.07) is 5.31. The molecule has 0 aliphatic heterocycles. The molecule has 0 fully saturated rings. The van der Waals surface area contributed by atoms with Gasteiger partial charge in [-0.15, -0.1) is 0 Å². The number of phenolic OH excluding ortho intramolecular Hbond substituents is 4. The Morgan fingerprint density at radius 1 is 0.684 bits per heavy atom. The van der Waals surface area contributed by atoms with Gasteiger partial charge in [0.2, 0.25) is 0 Å². The zero-order valence-corrected chi connectivity index (χ0v) is 11.1. The zero-order chi connectivity index (χ0) is 14.2. The zero-order valence-electron chi connectivity index (χ0n) is 9.56. The van der Waals surface area contributed by atoms with Gasteiger partial charge in [-0.25, -0.2) is 0 Å². The van der Waals surface area contributed by atoms with Crippen LogP contribution in [-0.4, -0.2) is 20.4 Å². The molecular formula is C13H10Cl2O4. The largest absolute Gasteiger partial charge is 0.508 e. The predicted molar refractivity (Wildman–Crippen MR) is 72.4 cm³/mol. The lowest BCUT2D eigenvalue weighted by atomic mass is 10.0. The van der Waals surface area contributed by atoms with Crippen molar-refractivity contribution in [1.29, 1.82) is 0 Å². The van der Waals surface area contributed by atoms with Gasteiger partial charge in [-0.1, -0.05) is 23.2 Å². The maximum atomic E-state index is 9.80. The summed E-state index contributed by atoms with van der Waals surface area (Å²) in [6.45, 7) is 0. The fraction of sp³-hybridized carbons (Fsp3) is 0.0769. The maximum absolute atomic E-state index is 9.80. The second-order valence-electron chi connectivity index (χ2n) is 3.96. The fourth-order valence-corrected chi connectivity index (χ4v) is 2.07. The molecule has 100 valence electrons. The lowest BCUT2D eigenvalue weighted by molar-refractivity contribution is 0.430. The van der Waals surface area contributed by atoms with Gasteiger partial charge in [-0.3, -0.25) is 0 Å². The lowest BCUT2D eigenvalue weighted by Gasteiger charge is -2.12. The van der Waals surface area contributed by atoms with Crippen molar-refractivity contribution < 1.29 is 20.4 Å². The number of hydrogen-bond acceptors (Lipinski definition) is 4. The van der Waals surface area contributed by atoms with Crippen molar-refractivity contribution in [2.75, 3.05) is 0 Å². The van der Waals surface area contributed by atoms with Gasteiger partial charge in [0.05, 0.1) is 10.0 Å². The third-order valence-electron chi connectivity index (χ3n) is 2.77. The van der Waals surface area contributed by atoms with Crippen molar-refractivity contribution in [1.82, 2.24) is 0 Å². The van der Waals surface area contributed by atoms with E-state index in [1.54, 1.807) is 0 Å². The van der Waals surface area contributed by atoms with E-state index in [4.69, 9.17) is 23.2 Å². The topological polar surface area (TPSA) is 80.9 Å². The van der Waals surface area contributed by atoms with Crippen molar-refractivity contribution in [3.8, 4) is 23.0 Å². The van der Waals surface area contributed by atoms with Crippen LogP contribution in [0.4, 0.5) is 0 Å². The average molecular weight is 301 g/mol. The molecule has 0 radical (unpaired) electrons. The van der Waals surface area contributed by atoms with Crippen LogP contribution in [0.15, 0.2) is 24.3 Å². The molecule has 19 heavy (non-hydrogen) atoms. The molecular weight excluding hydrogens is 291 g/mol. The molecule has 2 aromatic carbocycles. The summed E-state index contributed by atoms with van der Waals surface area (Å²) in [6.07, 6.45) is -0.115. The summed E-state index contributed by atoms with van der Waals surface area (Å²) in [5.74, 6) is -0.998. The molecule has 0 spiro atoms. The molecule has 0 saturated carbocycles. The highest BCUT2D eigenvalue weighted by atomic mass is 35.5. The van der Waals surface area contributed by atoms with Crippen LogP contribution >= 0.6 is 23.2 Å². The van der Waals surface area contributed by atoms with Crippen molar-refractivity contribution in [2.24, 2.45) is 0 Å². The van der Waals surface area contributed by atoms with Gasteiger partial charge in [0.25, 0.3) is 0 Å². The van der Waals surface area contributed by atoms with Gasteiger partial charge < -0.3 is 20.4 Å². The SMILES string of the molecule is Oc1ccc(Cl)c(O)c1Cc1c(O)ccc(Cl)c1O. The molecule has 0 saturated heterocycles. The molecule has 0 bridgehead atoms. The second-order valence-corrected chi connectivity index (χ2v) is 4.78. The highest BCUT2D eigenvalue weighted by molar-refractivity contribution is 6.32. The van der Waals surface area contributed by atoms with Gasteiger partial charge in [-0.2, -0.15) is 0 Å². The molecule has 0 amide bonds. The van der Waals surface area contributed by atoms with Crippen molar-refractivity contribution >= 4 is 23.2 Å². The van der Waals surface area contributed by atoms with Crippen LogP contribution in [-0.2, 0) is 6.42 Å². The van der Waals surface area contributed by atoms with E-state index in [9.17, 15) is 20.4 Å². The first-order valence-corrected chi connectivity index (χ1v) is 6.06. The number of benzene rings is 2. The first-order chi connectivity index (χ1) is 8.91. The minimum atomic E-state index is -0.305. The highest BCUT2D eigenvalue weighted by Gasteiger charge is 2.17. The molecule has 2 aromatic rings. The van der Waals surface area contributed by atoms with E-state index in [1.165, 1.54) is 24.3 Å². The Bertz CT molecular complexity index is 586. The maximum Gasteiger partial charge on any atom is 0.141 e. The third kappa shape index (κ3) is 2.50. The molecule has 0 aliphatic rings. The summed E-state index contributed by atoms with van der Waals surface area (Å²) >= 11 is 11.5. The van der Waals surface area contributed by atoms with Gasteiger partial charge in [0.1, 0.15) is 23.0 Å². The van der Waals surface area contributed by atoms with E-state index in [-0.39, 0.29) is 50.6 Å². The van der Waals surface area contributed by atoms with Crippen LogP contribution in [0.5, 0.6) is 23.0 Å². The second kappa shape index (κ2) is 5.07. The van der Waals surface area contributed by atoms with Crippen LogP contribution in [0.1, 0.15) is 11.1 Å². The summed E-state index contributed by atoms with van der Waals surface area (Å²) in [5, 5.41) is 39.2. The monoisotopic (exact) mass is 300 g/mol. The molecule has 0 atom stereocenters. The number of aromatic hydroxyl groups is 4. The average Bonchev–Trinajstić information content (AvgIpc) is 2.38. The van der Waals surface area contributed by atoms with Crippen molar-refractivity contribution in [3.63, 3.8) is 0 Å². The standard InChI is InChI=1S/C13H10Cl2O4/c14-8-1-3-10(16)6(12(8)18)5-7-11(17)4-2-9(15)13(7)19/h1-4,16-19H,5H2. The fourth-order valence-electron chi connectivity index (χ4n) is 1.72. The van der Waals surface area contributed by atoms with E-state index >= 15 is 0 Å². The van der Waals surface area contributed by atoms with Crippen LogP contribution < -0.4 is 0 Å². The van der Waals surface area contributed by atoms with E-state index < -0.39 is 0 Å². The Morgan fingerprint density at radius 2 is 1.05 bits per heavy atom. The smallest absolute Gasteiger partial charge is 0.141 e. The van der Waals surface area contributed by atoms with E-state index in [2.05, 4.69) is 0 Å². The van der Waals surface area contributed by atoms with Crippen molar-refractivity contribution in [3.05, 3.63) is 45.4 Å². The van der Waals surface area contributed by atoms with Crippen LogP contribution in [0.3, 0.4) is 0 Å². The third-order valence-corrected chi connectivity index (χ3v) is 3.38. The summed E-state index contributed by atoms with van der Waals surface area (Å²) in [5.41, 5.74) is 0.195. The van der Waals surface area contributed by atoms with E-state index in [0.29, 0.717) is 0 Å². The Balaban J connectivity index is 2.54. The van der Waals surface area contributed by atoms with Gasteiger partial charge in [-0.05, 0) is 24.3 Å². The van der Waals surface area contributed by atoms with E-state index in [1.807, 2.05) is 0 Å². The molecule has 0 aliphatic carbocycles. The highest BCUT2D eigenvalue weighted by Crippen LogP contribution is 2.40. The molecule has 6 heteroatoms. The molecule has 2 rings (SSSR count). The Hall–Kier alpha value is -1.78.